The molecule has 64 valence electrons. The third kappa shape index (κ3) is 1.14. The number of aromatic carboxylic acids is 1. The van der Waals surface area contributed by atoms with Gasteiger partial charge in [0, 0.05) is 0 Å². The number of carboxylic acid groups (broad SMARTS) is 1. The Balaban J connectivity index is 2.44. The van der Waals surface area contributed by atoms with Crippen LogP contribution in [0.5, 0.6) is 0 Å². The first-order chi connectivity index (χ1) is 5.79. The van der Waals surface area contributed by atoms with Crippen LogP contribution in [0.3, 0.4) is 0 Å². The molecular weight excluding hydrogens is 172 g/mol. The first-order valence-corrected chi connectivity index (χ1v) is 4.99. The van der Waals surface area contributed by atoms with E-state index in [4.69, 9.17) is 5.11 Å². The molecule has 0 spiro atoms. The SMILES string of the molecule is O=C(O)c1scc2c1CCCC2. The molecule has 1 aromatic rings. The summed E-state index contributed by atoms with van der Waals surface area (Å²) in [7, 11) is 0. The molecule has 0 saturated heterocycles. The maximum atomic E-state index is 10.7. The highest BCUT2D eigenvalue weighted by molar-refractivity contribution is 7.12. The van der Waals surface area contributed by atoms with Crippen molar-refractivity contribution in [3.63, 3.8) is 0 Å². The van der Waals surface area contributed by atoms with Gasteiger partial charge < -0.3 is 5.11 Å². The zero-order valence-electron chi connectivity index (χ0n) is 6.67. The van der Waals surface area contributed by atoms with Gasteiger partial charge in [-0.2, -0.15) is 0 Å². The minimum Gasteiger partial charge on any atom is -0.477 e. The van der Waals surface area contributed by atoms with Gasteiger partial charge in [-0.15, -0.1) is 11.3 Å². The number of carbonyl (C=O) groups is 1. The largest absolute Gasteiger partial charge is 0.477 e. The lowest BCUT2D eigenvalue weighted by Gasteiger charge is -2.10. The molecule has 1 heterocycles. The maximum absolute atomic E-state index is 10.7. The first kappa shape index (κ1) is 7.80. The molecule has 0 saturated carbocycles. The van der Waals surface area contributed by atoms with Crippen LogP contribution in [0.15, 0.2) is 5.38 Å². The van der Waals surface area contributed by atoms with Crippen LogP contribution in [0.25, 0.3) is 0 Å². The van der Waals surface area contributed by atoms with E-state index >= 15 is 0 Å². The molecule has 1 N–H and O–H groups in total. The molecule has 0 aromatic carbocycles. The van der Waals surface area contributed by atoms with Gasteiger partial charge in [0.2, 0.25) is 0 Å². The average Bonchev–Trinajstić information content (AvgIpc) is 2.47. The van der Waals surface area contributed by atoms with Gasteiger partial charge in [0.25, 0.3) is 0 Å². The Morgan fingerprint density at radius 3 is 2.92 bits per heavy atom. The minimum absolute atomic E-state index is 0.560. The van der Waals surface area contributed by atoms with E-state index in [-0.39, 0.29) is 0 Å². The van der Waals surface area contributed by atoms with E-state index in [1.165, 1.54) is 23.3 Å². The molecule has 3 heteroatoms. The quantitative estimate of drug-likeness (QED) is 0.723. The normalized spacial score (nSPS) is 15.7. The fraction of sp³-hybridized carbons (Fsp3) is 0.444. The highest BCUT2D eigenvalue weighted by atomic mass is 32.1. The molecule has 2 rings (SSSR count). The molecular formula is C9H10O2S. The number of aryl methyl sites for hydroxylation is 1. The molecule has 1 aliphatic rings. The molecule has 0 amide bonds. The van der Waals surface area contributed by atoms with E-state index in [0.29, 0.717) is 4.88 Å². The third-order valence-electron chi connectivity index (χ3n) is 2.30. The Labute approximate surface area is 74.8 Å². The summed E-state index contributed by atoms with van der Waals surface area (Å²) in [4.78, 5) is 11.3. The van der Waals surface area contributed by atoms with Gasteiger partial charge in [-0.25, -0.2) is 4.79 Å². The summed E-state index contributed by atoms with van der Waals surface area (Å²) in [6.07, 6.45) is 4.38. The molecule has 12 heavy (non-hydrogen) atoms. The van der Waals surface area contributed by atoms with Crippen molar-refractivity contribution in [3.05, 3.63) is 21.4 Å². The Morgan fingerprint density at radius 2 is 2.17 bits per heavy atom. The second-order valence-corrected chi connectivity index (χ2v) is 3.96. The first-order valence-electron chi connectivity index (χ1n) is 4.11. The van der Waals surface area contributed by atoms with Crippen molar-refractivity contribution < 1.29 is 9.90 Å². The van der Waals surface area contributed by atoms with E-state index in [1.54, 1.807) is 0 Å². The van der Waals surface area contributed by atoms with E-state index < -0.39 is 5.97 Å². The van der Waals surface area contributed by atoms with Gasteiger partial charge in [0.05, 0.1) is 0 Å². The summed E-state index contributed by atoms with van der Waals surface area (Å²) in [5.74, 6) is -0.761. The minimum atomic E-state index is -0.761. The van der Waals surface area contributed by atoms with Crippen LogP contribution in [0.4, 0.5) is 0 Å². The lowest BCUT2D eigenvalue weighted by Crippen LogP contribution is -2.04. The summed E-state index contributed by atoms with van der Waals surface area (Å²) in [6, 6.07) is 0. The second kappa shape index (κ2) is 2.90. The lowest BCUT2D eigenvalue weighted by molar-refractivity contribution is 0.0701. The smallest absolute Gasteiger partial charge is 0.346 e. The van der Waals surface area contributed by atoms with Crippen molar-refractivity contribution in [2.45, 2.75) is 25.7 Å². The van der Waals surface area contributed by atoms with Crippen LogP contribution in [0.1, 0.15) is 33.6 Å². The Bertz CT molecular complexity index is 314. The van der Waals surface area contributed by atoms with Crippen LogP contribution < -0.4 is 0 Å². The van der Waals surface area contributed by atoms with Gasteiger partial charge in [-0.05, 0) is 42.2 Å². The van der Waals surface area contributed by atoms with Crippen molar-refractivity contribution in [2.75, 3.05) is 0 Å². The summed E-state index contributed by atoms with van der Waals surface area (Å²) >= 11 is 1.37. The summed E-state index contributed by atoms with van der Waals surface area (Å²) in [5.41, 5.74) is 2.36. The monoisotopic (exact) mass is 182 g/mol. The molecule has 0 fully saturated rings. The fourth-order valence-electron chi connectivity index (χ4n) is 1.70. The Kier molecular flexibility index (Phi) is 1.89. The molecule has 0 bridgehead atoms. The number of carboxylic acids is 1. The molecule has 2 nitrogen and oxygen atoms in total. The van der Waals surface area contributed by atoms with Crippen LogP contribution in [0, 0.1) is 0 Å². The van der Waals surface area contributed by atoms with Gasteiger partial charge in [-0.3, -0.25) is 0 Å². The zero-order chi connectivity index (χ0) is 8.55. The van der Waals surface area contributed by atoms with Crippen molar-refractivity contribution in [1.82, 2.24) is 0 Å². The lowest BCUT2D eigenvalue weighted by atomic mass is 9.94. The fourth-order valence-corrected chi connectivity index (χ4v) is 2.70. The number of fused-ring (bicyclic) bond motifs is 1. The van der Waals surface area contributed by atoms with Gasteiger partial charge in [0.15, 0.2) is 0 Å². The number of rotatable bonds is 1. The highest BCUT2D eigenvalue weighted by Gasteiger charge is 2.19. The standard InChI is InChI=1S/C9H10O2S/c10-9(11)8-7-4-2-1-3-6(7)5-12-8/h5H,1-4H2,(H,10,11). The maximum Gasteiger partial charge on any atom is 0.346 e. The van der Waals surface area contributed by atoms with Crippen LogP contribution in [-0.2, 0) is 12.8 Å². The molecule has 0 unspecified atom stereocenters. The summed E-state index contributed by atoms with van der Waals surface area (Å²) in [5, 5.41) is 10.8. The average molecular weight is 182 g/mol. The molecule has 0 atom stereocenters. The predicted octanol–water partition coefficient (Wildman–Crippen LogP) is 2.33. The van der Waals surface area contributed by atoms with Crippen molar-refractivity contribution in [1.29, 1.82) is 0 Å². The van der Waals surface area contributed by atoms with Crippen molar-refractivity contribution in [3.8, 4) is 0 Å². The van der Waals surface area contributed by atoms with E-state index in [2.05, 4.69) is 0 Å². The zero-order valence-corrected chi connectivity index (χ0v) is 7.49. The Hall–Kier alpha value is -0.830. The van der Waals surface area contributed by atoms with Crippen LogP contribution >= 0.6 is 11.3 Å². The summed E-state index contributed by atoms with van der Waals surface area (Å²) < 4.78 is 0. The molecule has 1 aliphatic carbocycles. The van der Waals surface area contributed by atoms with Gasteiger partial charge >= 0.3 is 5.97 Å². The topological polar surface area (TPSA) is 37.3 Å². The second-order valence-electron chi connectivity index (χ2n) is 3.08. The van der Waals surface area contributed by atoms with Crippen molar-refractivity contribution in [2.24, 2.45) is 0 Å². The molecule has 1 aromatic heterocycles. The number of thiophene rings is 1. The van der Waals surface area contributed by atoms with Crippen molar-refractivity contribution >= 4 is 17.3 Å². The van der Waals surface area contributed by atoms with Crippen LogP contribution in [-0.4, -0.2) is 11.1 Å². The van der Waals surface area contributed by atoms with E-state index in [9.17, 15) is 4.79 Å². The highest BCUT2D eigenvalue weighted by Crippen LogP contribution is 2.29. The third-order valence-corrected chi connectivity index (χ3v) is 3.36. The molecule has 0 aliphatic heterocycles. The summed E-state index contributed by atoms with van der Waals surface area (Å²) in [6.45, 7) is 0. The van der Waals surface area contributed by atoms with E-state index in [1.807, 2.05) is 5.38 Å². The van der Waals surface area contributed by atoms with Crippen LogP contribution in [0.2, 0.25) is 0 Å². The van der Waals surface area contributed by atoms with Gasteiger partial charge in [0.1, 0.15) is 4.88 Å². The predicted molar refractivity (Wildman–Crippen MR) is 47.9 cm³/mol. The Morgan fingerprint density at radius 1 is 1.42 bits per heavy atom. The molecule has 0 radical (unpaired) electrons. The van der Waals surface area contributed by atoms with Gasteiger partial charge in [-0.1, -0.05) is 0 Å². The van der Waals surface area contributed by atoms with E-state index in [0.717, 1.165) is 24.8 Å². The number of hydrogen-bond acceptors (Lipinski definition) is 2. The number of hydrogen-bond donors (Lipinski definition) is 1.